The molecular weight excluding hydrogens is 356 g/mol. The summed E-state index contributed by atoms with van der Waals surface area (Å²) < 4.78 is 2.11. The van der Waals surface area contributed by atoms with Crippen molar-refractivity contribution in [3.8, 4) is 11.1 Å². The zero-order chi connectivity index (χ0) is 15.2. The molecule has 0 amide bonds. The Labute approximate surface area is 134 Å². The van der Waals surface area contributed by atoms with Gasteiger partial charge in [-0.25, -0.2) is 4.79 Å². The molecule has 0 radical (unpaired) electrons. The number of hydrogen-bond donors (Lipinski definition) is 1. The molecule has 0 aliphatic heterocycles. The zero-order valence-corrected chi connectivity index (χ0v) is 13.8. The third-order valence-corrected chi connectivity index (χ3v) is 4.67. The maximum atomic E-state index is 12.7. The van der Waals surface area contributed by atoms with Gasteiger partial charge in [-0.1, -0.05) is 46.6 Å². The van der Waals surface area contributed by atoms with Crippen molar-refractivity contribution in [2.45, 2.75) is 26.3 Å². The quantitative estimate of drug-likeness (QED) is 0.843. The van der Waals surface area contributed by atoms with Crippen LogP contribution in [-0.2, 0) is 6.54 Å². The second-order valence-electron chi connectivity index (χ2n) is 5.83. The zero-order valence-electron chi connectivity index (χ0n) is 11.5. The Bertz CT molecular complexity index is 821. The number of hydrogen-bond acceptors (Lipinski definition) is 2. The SMILES string of the molecule is CC1(Cn2c(=O)[nH]c(Cl)c(-c3cccc(Br)c3)c2=O)CC1. The van der Waals surface area contributed by atoms with Crippen LogP contribution < -0.4 is 11.2 Å². The summed E-state index contributed by atoms with van der Waals surface area (Å²) in [5.41, 5.74) is 0.290. The van der Waals surface area contributed by atoms with Gasteiger partial charge in [0.05, 0.1) is 5.56 Å². The molecule has 1 aliphatic carbocycles. The molecule has 21 heavy (non-hydrogen) atoms. The summed E-state index contributed by atoms with van der Waals surface area (Å²) in [5, 5.41) is 0.0836. The summed E-state index contributed by atoms with van der Waals surface area (Å²) in [6.45, 7) is 2.51. The molecule has 1 aromatic carbocycles. The highest BCUT2D eigenvalue weighted by Gasteiger charge is 2.38. The lowest BCUT2D eigenvalue weighted by molar-refractivity contribution is 0.441. The fourth-order valence-corrected chi connectivity index (χ4v) is 3.01. The van der Waals surface area contributed by atoms with E-state index in [1.165, 1.54) is 4.57 Å². The molecule has 4 nitrogen and oxygen atoms in total. The van der Waals surface area contributed by atoms with Gasteiger partial charge in [0, 0.05) is 11.0 Å². The number of halogens is 2. The summed E-state index contributed by atoms with van der Waals surface area (Å²) in [6.07, 6.45) is 2.07. The normalized spacial score (nSPS) is 16.0. The molecule has 110 valence electrons. The van der Waals surface area contributed by atoms with Gasteiger partial charge < -0.3 is 0 Å². The van der Waals surface area contributed by atoms with Crippen LogP contribution in [-0.4, -0.2) is 9.55 Å². The van der Waals surface area contributed by atoms with Crippen LogP contribution in [0.25, 0.3) is 11.1 Å². The summed E-state index contributed by atoms with van der Waals surface area (Å²) in [5.74, 6) is 0. The van der Waals surface area contributed by atoms with Crippen LogP contribution >= 0.6 is 27.5 Å². The highest BCUT2D eigenvalue weighted by Crippen LogP contribution is 2.45. The van der Waals surface area contributed by atoms with E-state index >= 15 is 0 Å². The van der Waals surface area contributed by atoms with Gasteiger partial charge in [0.1, 0.15) is 5.15 Å². The number of rotatable bonds is 3. The lowest BCUT2D eigenvalue weighted by Gasteiger charge is -2.13. The van der Waals surface area contributed by atoms with E-state index in [2.05, 4.69) is 27.8 Å². The summed E-state index contributed by atoms with van der Waals surface area (Å²) >= 11 is 9.47. The number of nitrogens with one attached hydrogen (secondary N) is 1. The minimum atomic E-state index is -0.447. The lowest BCUT2D eigenvalue weighted by Crippen LogP contribution is -2.38. The molecule has 2 aromatic rings. The summed E-state index contributed by atoms with van der Waals surface area (Å²) in [6, 6.07) is 7.30. The minimum Gasteiger partial charge on any atom is -0.297 e. The van der Waals surface area contributed by atoms with Crippen molar-refractivity contribution >= 4 is 27.5 Å². The smallest absolute Gasteiger partial charge is 0.297 e. The van der Waals surface area contributed by atoms with Crippen molar-refractivity contribution in [3.05, 3.63) is 54.7 Å². The van der Waals surface area contributed by atoms with E-state index in [-0.39, 0.29) is 16.1 Å². The maximum Gasteiger partial charge on any atom is 0.329 e. The molecule has 1 heterocycles. The van der Waals surface area contributed by atoms with Crippen molar-refractivity contribution in [1.82, 2.24) is 9.55 Å². The highest BCUT2D eigenvalue weighted by atomic mass is 79.9. The fourth-order valence-electron chi connectivity index (χ4n) is 2.34. The van der Waals surface area contributed by atoms with Crippen LogP contribution in [0.2, 0.25) is 5.15 Å². The van der Waals surface area contributed by atoms with Crippen LogP contribution in [0.15, 0.2) is 38.3 Å². The van der Waals surface area contributed by atoms with Gasteiger partial charge in [0.15, 0.2) is 0 Å². The molecule has 1 fully saturated rings. The topological polar surface area (TPSA) is 54.9 Å². The maximum absolute atomic E-state index is 12.7. The first-order valence-corrected chi connectivity index (χ1v) is 7.85. The third kappa shape index (κ3) is 2.85. The Kier molecular flexibility index (Phi) is 3.58. The Morgan fingerprint density at radius 2 is 2.10 bits per heavy atom. The Balaban J connectivity index is 2.19. The molecule has 1 N–H and O–H groups in total. The van der Waals surface area contributed by atoms with E-state index in [1.54, 1.807) is 6.07 Å². The van der Waals surface area contributed by atoms with Gasteiger partial charge in [-0.15, -0.1) is 0 Å². The van der Waals surface area contributed by atoms with E-state index in [4.69, 9.17) is 11.6 Å². The van der Waals surface area contributed by atoms with E-state index in [0.29, 0.717) is 17.7 Å². The van der Waals surface area contributed by atoms with Gasteiger partial charge >= 0.3 is 5.69 Å². The Morgan fingerprint density at radius 3 is 2.71 bits per heavy atom. The summed E-state index contributed by atoms with van der Waals surface area (Å²) in [7, 11) is 0. The molecule has 0 bridgehead atoms. The predicted octanol–water partition coefficient (Wildman–Crippen LogP) is 3.42. The number of benzene rings is 1. The van der Waals surface area contributed by atoms with E-state index in [1.807, 2.05) is 18.2 Å². The van der Waals surface area contributed by atoms with Crippen LogP contribution in [0.5, 0.6) is 0 Å². The van der Waals surface area contributed by atoms with Crippen molar-refractivity contribution in [2.75, 3.05) is 0 Å². The van der Waals surface area contributed by atoms with Crippen molar-refractivity contribution in [2.24, 2.45) is 5.41 Å². The molecule has 3 rings (SSSR count). The third-order valence-electron chi connectivity index (χ3n) is 3.90. The van der Waals surface area contributed by atoms with Gasteiger partial charge in [0.25, 0.3) is 5.56 Å². The molecule has 0 atom stereocenters. The van der Waals surface area contributed by atoms with Crippen LogP contribution in [0, 0.1) is 5.41 Å². The second-order valence-corrected chi connectivity index (χ2v) is 7.13. The summed E-state index contributed by atoms with van der Waals surface area (Å²) in [4.78, 5) is 27.3. The van der Waals surface area contributed by atoms with Crippen LogP contribution in [0.3, 0.4) is 0 Å². The molecule has 0 saturated heterocycles. The van der Waals surface area contributed by atoms with Gasteiger partial charge in [-0.2, -0.15) is 0 Å². The number of nitrogens with zero attached hydrogens (tertiary/aromatic N) is 1. The monoisotopic (exact) mass is 368 g/mol. The first kappa shape index (κ1) is 14.6. The fraction of sp³-hybridized carbons (Fsp3) is 0.333. The van der Waals surface area contributed by atoms with Crippen LogP contribution in [0.1, 0.15) is 19.8 Å². The van der Waals surface area contributed by atoms with Crippen molar-refractivity contribution in [1.29, 1.82) is 0 Å². The van der Waals surface area contributed by atoms with Crippen molar-refractivity contribution in [3.63, 3.8) is 0 Å². The molecule has 0 spiro atoms. The van der Waals surface area contributed by atoms with Gasteiger partial charge in [-0.05, 0) is 36.0 Å². The molecular formula is C15H14BrClN2O2. The molecule has 0 unspecified atom stereocenters. The first-order chi connectivity index (χ1) is 9.89. The largest absolute Gasteiger partial charge is 0.329 e. The van der Waals surface area contributed by atoms with Crippen molar-refractivity contribution < 1.29 is 0 Å². The molecule has 1 saturated carbocycles. The number of H-pyrrole nitrogens is 1. The van der Waals surface area contributed by atoms with Crippen LogP contribution in [0.4, 0.5) is 0 Å². The van der Waals surface area contributed by atoms with E-state index < -0.39 is 5.69 Å². The first-order valence-electron chi connectivity index (χ1n) is 6.68. The minimum absolute atomic E-state index is 0.0548. The average Bonchev–Trinajstić information content (AvgIpc) is 3.13. The number of aromatic amines is 1. The highest BCUT2D eigenvalue weighted by molar-refractivity contribution is 9.10. The Morgan fingerprint density at radius 1 is 1.38 bits per heavy atom. The van der Waals surface area contributed by atoms with Gasteiger partial charge in [0.2, 0.25) is 0 Å². The second kappa shape index (κ2) is 5.14. The molecule has 6 heteroatoms. The Hall–Kier alpha value is -1.33. The standard InChI is InChI=1S/C15H14BrClN2O2/c1-15(5-6-15)8-19-13(20)11(12(17)18-14(19)21)9-3-2-4-10(16)7-9/h2-4,7H,5-6,8H2,1H3,(H,18,21). The van der Waals surface area contributed by atoms with Gasteiger partial charge in [-0.3, -0.25) is 14.3 Å². The molecule has 1 aromatic heterocycles. The lowest BCUT2D eigenvalue weighted by atomic mass is 10.1. The number of aromatic nitrogens is 2. The van der Waals surface area contributed by atoms with E-state index in [0.717, 1.165) is 17.3 Å². The average molecular weight is 370 g/mol. The molecule has 1 aliphatic rings. The van der Waals surface area contributed by atoms with E-state index in [9.17, 15) is 9.59 Å². The predicted molar refractivity (Wildman–Crippen MR) is 86.8 cm³/mol.